The highest BCUT2D eigenvalue weighted by Crippen LogP contribution is 2.39. The summed E-state index contributed by atoms with van der Waals surface area (Å²) in [6.45, 7) is 12.7. The molecule has 0 atom stereocenters. The largest absolute Gasteiger partial charge is 0.507 e. The summed E-state index contributed by atoms with van der Waals surface area (Å²) in [4.78, 5) is 11.8. The molecule has 1 aromatic carbocycles. The summed E-state index contributed by atoms with van der Waals surface area (Å²) in [6.07, 6.45) is 3.50. The molecule has 130 valence electrons. The summed E-state index contributed by atoms with van der Waals surface area (Å²) in [5.41, 5.74) is 2.18. The monoisotopic (exact) mass is 328 g/mol. The first kappa shape index (κ1) is 19.8. The van der Waals surface area contributed by atoms with Crippen LogP contribution in [0.3, 0.4) is 0 Å². The van der Waals surface area contributed by atoms with Crippen molar-refractivity contribution in [3.63, 3.8) is 0 Å². The van der Waals surface area contributed by atoms with Crippen molar-refractivity contribution in [2.75, 3.05) is 6.54 Å². The van der Waals surface area contributed by atoms with Crippen LogP contribution in [0.15, 0.2) is 18.2 Å². The Morgan fingerprint density at radius 2 is 1.67 bits per heavy atom. The van der Waals surface area contributed by atoms with Gasteiger partial charge in [0.1, 0.15) is 5.75 Å². The molecule has 0 heterocycles. The minimum absolute atomic E-state index is 0.205. The van der Waals surface area contributed by atoms with Crippen LogP contribution in [0.2, 0.25) is 0 Å². The maximum Gasteiger partial charge on any atom is 0.244 e. The Hall–Kier alpha value is -2.28. The van der Waals surface area contributed by atoms with Crippen LogP contribution < -0.4 is 5.32 Å². The Morgan fingerprint density at radius 3 is 2.08 bits per heavy atom. The van der Waals surface area contributed by atoms with E-state index in [-0.39, 0.29) is 16.7 Å². The van der Waals surface area contributed by atoms with E-state index in [1.807, 2.05) is 18.2 Å². The molecule has 0 aliphatic rings. The molecule has 2 N–H and O–H groups in total. The Balaban J connectivity index is 3.21. The van der Waals surface area contributed by atoms with Gasteiger partial charge in [0, 0.05) is 23.7 Å². The molecule has 0 fully saturated rings. The number of benzene rings is 1. The van der Waals surface area contributed by atoms with Crippen LogP contribution in [-0.2, 0) is 15.6 Å². The molecule has 1 aromatic rings. The van der Waals surface area contributed by atoms with Gasteiger partial charge in [-0.15, -0.1) is 0 Å². The Kier molecular flexibility index (Phi) is 6.20. The topological polar surface area (TPSA) is 73.1 Å². The SMILES string of the molecule is CC(C)(C)c1cc(/C=C/C(=O)NCCC#N)cc(C(C)(C)C)c1O. The fraction of sp³-hybridized carbons (Fsp3) is 0.500. The van der Waals surface area contributed by atoms with Gasteiger partial charge in [-0.05, 0) is 34.6 Å². The van der Waals surface area contributed by atoms with Crippen LogP contribution in [0.1, 0.15) is 64.7 Å². The van der Waals surface area contributed by atoms with Crippen molar-refractivity contribution < 1.29 is 9.90 Å². The minimum atomic E-state index is -0.229. The molecule has 0 radical (unpaired) electrons. The van der Waals surface area contributed by atoms with Crippen molar-refractivity contribution in [2.45, 2.75) is 58.8 Å². The Labute approximate surface area is 145 Å². The molecule has 0 aliphatic heterocycles. The second-order valence-electron chi connectivity index (χ2n) is 8.00. The number of phenols is 1. The molecule has 0 spiro atoms. The van der Waals surface area contributed by atoms with Gasteiger partial charge in [-0.1, -0.05) is 41.5 Å². The molecule has 0 aliphatic carbocycles. The van der Waals surface area contributed by atoms with Gasteiger partial charge in [-0.2, -0.15) is 5.26 Å². The first-order valence-electron chi connectivity index (χ1n) is 8.17. The normalized spacial score (nSPS) is 12.2. The predicted molar refractivity (Wildman–Crippen MR) is 97.8 cm³/mol. The van der Waals surface area contributed by atoms with Gasteiger partial charge in [0.25, 0.3) is 0 Å². The van der Waals surface area contributed by atoms with Gasteiger partial charge < -0.3 is 10.4 Å². The van der Waals surface area contributed by atoms with Crippen molar-refractivity contribution >= 4 is 12.0 Å². The van der Waals surface area contributed by atoms with Crippen molar-refractivity contribution in [1.29, 1.82) is 5.26 Å². The summed E-state index contributed by atoms with van der Waals surface area (Å²) < 4.78 is 0. The quantitative estimate of drug-likeness (QED) is 0.647. The minimum Gasteiger partial charge on any atom is -0.507 e. The van der Waals surface area contributed by atoms with Crippen molar-refractivity contribution in [2.24, 2.45) is 0 Å². The molecule has 4 nitrogen and oxygen atoms in total. The lowest BCUT2D eigenvalue weighted by atomic mass is 9.78. The fourth-order valence-corrected chi connectivity index (χ4v) is 2.37. The zero-order valence-electron chi connectivity index (χ0n) is 15.5. The van der Waals surface area contributed by atoms with E-state index in [1.165, 1.54) is 6.08 Å². The lowest BCUT2D eigenvalue weighted by Gasteiger charge is -2.27. The maximum atomic E-state index is 11.8. The van der Waals surface area contributed by atoms with Crippen LogP contribution in [-0.4, -0.2) is 17.6 Å². The first-order valence-corrected chi connectivity index (χ1v) is 8.17. The van der Waals surface area contributed by atoms with Gasteiger partial charge in [-0.25, -0.2) is 0 Å². The van der Waals surface area contributed by atoms with E-state index >= 15 is 0 Å². The molecule has 0 saturated heterocycles. The number of carbonyl (C=O) groups excluding carboxylic acids is 1. The molecule has 1 amide bonds. The highest BCUT2D eigenvalue weighted by Gasteiger charge is 2.26. The second-order valence-corrected chi connectivity index (χ2v) is 8.00. The number of amides is 1. The van der Waals surface area contributed by atoms with Crippen LogP contribution >= 0.6 is 0 Å². The van der Waals surface area contributed by atoms with Crippen molar-refractivity contribution in [1.82, 2.24) is 5.32 Å². The third-order valence-corrected chi connectivity index (χ3v) is 3.71. The van der Waals surface area contributed by atoms with Gasteiger partial charge >= 0.3 is 0 Å². The number of aromatic hydroxyl groups is 1. The molecule has 1 rings (SSSR count). The lowest BCUT2D eigenvalue weighted by molar-refractivity contribution is -0.116. The number of nitriles is 1. The number of nitrogens with one attached hydrogen (secondary N) is 1. The number of hydrogen-bond acceptors (Lipinski definition) is 3. The lowest BCUT2D eigenvalue weighted by Crippen LogP contribution is -2.21. The number of phenolic OH excluding ortho intramolecular Hbond substituents is 1. The van der Waals surface area contributed by atoms with Crippen LogP contribution in [0.5, 0.6) is 5.75 Å². The predicted octanol–water partition coefficient (Wildman–Crippen LogP) is 4.03. The van der Waals surface area contributed by atoms with Crippen LogP contribution in [0, 0.1) is 11.3 Å². The summed E-state index contributed by atoms with van der Waals surface area (Å²) in [5, 5.41) is 21.8. The Morgan fingerprint density at radius 1 is 1.17 bits per heavy atom. The molecule has 24 heavy (non-hydrogen) atoms. The molecular formula is C20H28N2O2. The average molecular weight is 328 g/mol. The molecule has 0 bridgehead atoms. The summed E-state index contributed by atoms with van der Waals surface area (Å²) in [6, 6.07) is 5.83. The van der Waals surface area contributed by atoms with Gasteiger partial charge in [0.15, 0.2) is 0 Å². The third kappa shape index (κ3) is 5.42. The van der Waals surface area contributed by atoms with E-state index in [2.05, 4.69) is 46.9 Å². The highest BCUT2D eigenvalue weighted by molar-refractivity contribution is 5.91. The average Bonchev–Trinajstić information content (AvgIpc) is 2.44. The highest BCUT2D eigenvalue weighted by atomic mass is 16.3. The number of hydrogen-bond donors (Lipinski definition) is 2. The molecule has 0 saturated carbocycles. The zero-order valence-corrected chi connectivity index (χ0v) is 15.5. The van der Waals surface area contributed by atoms with E-state index < -0.39 is 0 Å². The van der Waals surface area contributed by atoms with E-state index in [9.17, 15) is 9.90 Å². The fourth-order valence-electron chi connectivity index (χ4n) is 2.37. The standard InChI is InChI=1S/C20H28N2O2/c1-19(2,3)15-12-14(8-9-17(23)22-11-7-10-21)13-16(18(15)24)20(4,5)6/h8-9,12-13,24H,7,11H2,1-6H3,(H,22,23)/b9-8+. The number of rotatable bonds is 4. The third-order valence-electron chi connectivity index (χ3n) is 3.71. The zero-order chi connectivity index (χ0) is 18.5. The smallest absolute Gasteiger partial charge is 0.244 e. The second kappa shape index (κ2) is 7.53. The number of nitrogens with zero attached hydrogens (tertiary/aromatic N) is 1. The van der Waals surface area contributed by atoms with Crippen LogP contribution in [0.25, 0.3) is 6.08 Å². The molecule has 4 heteroatoms. The van der Waals surface area contributed by atoms with E-state index in [4.69, 9.17) is 5.26 Å². The van der Waals surface area contributed by atoms with Crippen molar-refractivity contribution in [3.05, 3.63) is 34.9 Å². The van der Waals surface area contributed by atoms with E-state index in [1.54, 1.807) is 6.08 Å². The van der Waals surface area contributed by atoms with E-state index in [0.29, 0.717) is 18.7 Å². The first-order chi connectivity index (χ1) is 11.0. The van der Waals surface area contributed by atoms with E-state index in [0.717, 1.165) is 16.7 Å². The summed E-state index contributed by atoms with van der Waals surface area (Å²) in [7, 11) is 0. The van der Waals surface area contributed by atoms with Gasteiger partial charge in [-0.3, -0.25) is 4.79 Å². The van der Waals surface area contributed by atoms with Crippen molar-refractivity contribution in [3.8, 4) is 11.8 Å². The maximum absolute atomic E-state index is 11.8. The van der Waals surface area contributed by atoms with Crippen LogP contribution in [0.4, 0.5) is 0 Å². The molecule has 0 unspecified atom stereocenters. The summed E-state index contributed by atoms with van der Waals surface area (Å²) >= 11 is 0. The van der Waals surface area contributed by atoms with Gasteiger partial charge in [0.05, 0.1) is 12.5 Å². The molecule has 0 aromatic heterocycles. The summed E-state index contributed by atoms with van der Waals surface area (Å²) in [5.74, 6) is 0.0959. The Bertz CT molecular complexity index is 633. The van der Waals surface area contributed by atoms with Gasteiger partial charge in [0.2, 0.25) is 5.91 Å². The number of carbonyl (C=O) groups is 1. The molecular weight excluding hydrogens is 300 g/mol.